The summed E-state index contributed by atoms with van der Waals surface area (Å²) in [6.45, 7) is 0. The largest absolute Gasteiger partial charge is 0.494 e. The fraction of sp³-hybridized carbons (Fsp3) is 0.0588. The van der Waals surface area contributed by atoms with E-state index in [1.807, 2.05) is 133 Å². The highest BCUT2D eigenvalue weighted by molar-refractivity contribution is 14.1. The van der Waals surface area contributed by atoms with Gasteiger partial charge in [0.1, 0.15) is 34.3 Å². The fourth-order valence-electron chi connectivity index (χ4n) is 7.13. The van der Waals surface area contributed by atoms with E-state index in [2.05, 4.69) is 65.7 Å². The van der Waals surface area contributed by atoms with Gasteiger partial charge in [0.05, 0.1) is 61.9 Å². The van der Waals surface area contributed by atoms with Crippen LogP contribution in [0.25, 0.3) is 50.8 Å². The average Bonchev–Trinajstić information content (AvgIpc) is 4.20. The lowest BCUT2D eigenvalue weighted by molar-refractivity contribution is -0.384. The highest BCUT2D eigenvalue weighted by Crippen LogP contribution is 2.38. The molecule has 0 aliphatic carbocycles. The number of ether oxygens (including phenoxy) is 3. The van der Waals surface area contributed by atoms with Gasteiger partial charge in [0.15, 0.2) is 0 Å². The Morgan fingerprint density at radius 2 is 0.899 bits per heavy atom. The minimum Gasteiger partial charge on any atom is -0.494 e. The van der Waals surface area contributed by atoms with E-state index in [-0.39, 0.29) is 5.69 Å². The lowest BCUT2D eigenvalue weighted by Gasteiger charge is -2.13. The zero-order valence-electron chi connectivity index (χ0n) is 37.3. The quantitative estimate of drug-likeness (QED) is 0.0527. The monoisotopic (exact) mass is 1050 g/mol. The number of hydrogen-bond acceptors (Lipinski definition) is 13. The Morgan fingerprint density at radius 3 is 1.36 bits per heavy atom. The summed E-state index contributed by atoms with van der Waals surface area (Å²) >= 11 is 3.84. The lowest BCUT2D eigenvalue weighted by atomic mass is 10.1. The number of nitrogen functional groups attached to an aromatic ring is 1. The second kappa shape index (κ2) is 22.4. The van der Waals surface area contributed by atoms with Crippen molar-refractivity contribution in [3.8, 4) is 68.1 Å². The number of para-hydroxylation sites is 7. The molecule has 10 aromatic rings. The molecular weight excluding hydrogens is 1010 g/mol. The summed E-state index contributed by atoms with van der Waals surface area (Å²) in [5.74, 6) is 2.19. The smallest absolute Gasteiger partial charge is 0.269 e. The Labute approximate surface area is 414 Å². The van der Waals surface area contributed by atoms with Gasteiger partial charge in [-0.25, -0.2) is 14.0 Å². The van der Waals surface area contributed by atoms with Crippen molar-refractivity contribution in [2.75, 3.05) is 27.1 Å². The molecule has 7 aromatic carbocycles. The number of nitro groups is 1. The Morgan fingerprint density at radius 1 is 0.507 bits per heavy atom. The summed E-state index contributed by atoms with van der Waals surface area (Å²) in [6.07, 6.45) is 5.17. The molecule has 2 N–H and O–H groups in total. The molecule has 3 aromatic heterocycles. The fourth-order valence-corrected chi connectivity index (χ4v) is 8.75. The van der Waals surface area contributed by atoms with E-state index in [9.17, 15) is 10.1 Å². The van der Waals surface area contributed by atoms with Crippen LogP contribution in [0.4, 0.5) is 11.4 Å². The van der Waals surface area contributed by atoms with Crippen LogP contribution in [0.5, 0.6) is 17.2 Å². The maximum atomic E-state index is 10.9. The second-order valence-electron chi connectivity index (χ2n) is 14.5. The third-order valence-electron chi connectivity index (χ3n) is 10.4. The molecule has 69 heavy (non-hydrogen) atoms. The molecule has 16 nitrogen and oxygen atoms in total. The highest BCUT2D eigenvalue weighted by atomic mass is 127. The third kappa shape index (κ3) is 10.8. The first-order chi connectivity index (χ1) is 33.8. The number of nitrogens with zero attached hydrogens (tertiary/aromatic N) is 10. The number of benzene rings is 7. The predicted octanol–water partition coefficient (Wildman–Crippen LogP) is 11.1. The van der Waals surface area contributed by atoms with Gasteiger partial charge >= 0.3 is 0 Å². The molecule has 0 radical (unpaired) electrons. The molecule has 0 aliphatic rings. The predicted molar refractivity (Wildman–Crippen MR) is 274 cm³/mol. The van der Waals surface area contributed by atoms with Crippen molar-refractivity contribution in [2.24, 2.45) is 0 Å². The van der Waals surface area contributed by atoms with E-state index in [1.54, 1.807) is 66.1 Å². The zero-order valence-corrected chi connectivity index (χ0v) is 40.2. The maximum absolute atomic E-state index is 10.9. The number of methoxy groups -OCH3 is 3. The van der Waals surface area contributed by atoms with Crippen molar-refractivity contribution >= 4 is 45.7 Å². The SMILES string of the molecule is COc1ccccc1-n1nncc1-c1ccccc1I.COc1ccccc1-n1nncc1-c1ccccc1N.COc1ccccc1-n1nncc1-c1ccccc1Sc1ccc([N+](=O)[O-])cc1. The first-order valence-electron chi connectivity index (χ1n) is 21.0. The van der Waals surface area contributed by atoms with Crippen LogP contribution in [0.1, 0.15) is 0 Å². The molecule has 0 atom stereocenters. The summed E-state index contributed by atoms with van der Waals surface area (Å²) in [7, 11) is 4.90. The normalized spacial score (nSPS) is 10.6. The standard InChI is InChI=1S/C21H16N4O3S.C15H12IN3O.C15H14N4O/c1-28-20-8-4-3-7-18(20)24-19(14-22-23-24)17-6-2-5-9-21(17)29-16-12-10-15(11-13-16)25(26)27;2*1-20-15-9-5-4-8-13(15)19-14(10-17-18-19)11-6-2-3-7-12(11)16/h2-14H,1H3;2-10H,1H3;2-10H,16H2,1H3. The summed E-state index contributed by atoms with van der Waals surface area (Å²) in [5, 5.41) is 35.6. The van der Waals surface area contributed by atoms with E-state index in [1.165, 1.54) is 23.9 Å². The van der Waals surface area contributed by atoms with Gasteiger partial charge in [-0.3, -0.25) is 10.1 Å². The molecule has 344 valence electrons. The van der Waals surface area contributed by atoms with Crippen molar-refractivity contribution in [1.29, 1.82) is 0 Å². The minimum absolute atomic E-state index is 0.0704. The molecule has 18 heteroatoms. The van der Waals surface area contributed by atoms with E-state index >= 15 is 0 Å². The van der Waals surface area contributed by atoms with Crippen molar-refractivity contribution < 1.29 is 19.1 Å². The summed E-state index contributed by atoms with van der Waals surface area (Å²) < 4.78 is 22.7. The first kappa shape index (κ1) is 47.1. The van der Waals surface area contributed by atoms with Crippen LogP contribution in [0.3, 0.4) is 0 Å². The number of non-ortho nitro benzene ring substituents is 1. The molecule has 0 saturated carbocycles. The molecule has 10 rings (SSSR count). The van der Waals surface area contributed by atoms with Gasteiger partial charge in [-0.15, -0.1) is 15.3 Å². The number of nitro benzene ring substituents is 1. The number of rotatable bonds is 12. The molecular formula is C51H42IN11O5S. The van der Waals surface area contributed by atoms with Crippen LogP contribution < -0.4 is 19.9 Å². The van der Waals surface area contributed by atoms with Crippen LogP contribution in [0.15, 0.2) is 198 Å². The number of hydrogen-bond donors (Lipinski definition) is 1. The number of anilines is 1. The van der Waals surface area contributed by atoms with E-state index < -0.39 is 4.92 Å². The summed E-state index contributed by atoms with van der Waals surface area (Å²) in [6, 6.07) is 53.2. The maximum Gasteiger partial charge on any atom is 0.269 e. The summed E-state index contributed by atoms with van der Waals surface area (Å²) in [4.78, 5) is 12.4. The van der Waals surface area contributed by atoms with Gasteiger partial charge < -0.3 is 19.9 Å². The Balaban J connectivity index is 0.000000143. The Hall–Kier alpha value is -8.36. The van der Waals surface area contributed by atoms with Gasteiger partial charge in [0.2, 0.25) is 0 Å². The van der Waals surface area contributed by atoms with Crippen LogP contribution in [0, 0.1) is 13.7 Å². The number of halogens is 1. The van der Waals surface area contributed by atoms with Gasteiger partial charge in [0.25, 0.3) is 5.69 Å². The van der Waals surface area contributed by atoms with E-state index in [0.29, 0.717) is 11.4 Å². The zero-order chi connectivity index (χ0) is 48.1. The van der Waals surface area contributed by atoms with Crippen LogP contribution >= 0.6 is 34.4 Å². The van der Waals surface area contributed by atoms with Gasteiger partial charge in [-0.05, 0) is 89.3 Å². The minimum atomic E-state index is -0.403. The van der Waals surface area contributed by atoms with Gasteiger partial charge in [-0.1, -0.05) is 118 Å². The van der Waals surface area contributed by atoms with Crippen LogP contribution in [0.2, 0.25) is 0 Å². The van der Waals surface area contributed by atoms with Crippen LogP contribution in [-0.2, 0) is 0 Å². The number of nitrogens with two attached hydrogens (primary N) is 1. The van der Waals surface area contributed by atoms with Gasteiger partial charge in [0, 0.05) is 47.9 Å². The molecule has 0 spiro atoms. The molecule has 3 heterocycles. The molecule has 0 bridgehead atoms. The van der Waals surface area contributed by atoms with Crippen molar-refractivity contribution in [3.05, 3.63) is 202 Å². The third-order valence-corrected chi connectivity index (χ3v) is 12.4. The highest BCUT2D eigenvalue weighted by Gasteiger charge is 2.18. The topological polar surface area (TPSA) is 189 Å². The average molecular weight is 1050 g/mol. The second-order valence-corrected chi connectivity index (χ2v) is 16.8. The molecule has 0 saturated heterocycles. The number of aromatic nitrogens is 9. The summed E-state index contributed by atoms with van der Waals surface area (Å²) in [5.41, 5.74) is 14.8. The molecule has 0 fully saturated rings. The molecule has 0 amide bonds. The van der Waals surface area contributed by atoms with E-state index in [4.69, 9.17) is 19.9 Å². The first-order valence-corrected chi connectivity index (χ1v) is 22.9. The van der Waals surface area contributed by atoms with Crippen molar-refractivity contribution in [3.63, 3.8) is 0 Å². The Kier molecular flexibility index (Phi) is 15.3. The Bertz CT molecular complexity index is 3200. The molecule has 0 unspecified atom stereocenters. The van der Waals surface area contributed by atoms with Crippen molar-refractivity contribution in [2.45, 2.75) is 9.79 Å². The van der Waals surface area contributed by atoms with Gasteiger partial charge in [-0.2, -0.15) is 0 Å². The molecule has 0 aliphatic heterocycles. The van der Waals surface area contributed by atoms with E-state index in [0.717, 1.165) is 75.7 Å². The lowest BCUT2D eigenvalue weighted by Crippen LogP contribution is -2.03. The van der Waals surface area contributed by atoms with Crippen LogP contribution in [-0.4, -0.2) is 71.2 Å². The van der Waals surface area contributed by atoms with Crippen molar-refractivity contribution in [1.82, 2.24) is 45.0 Å².